The Kier molecular flexibility index (Phi) is 3.31. The molecule has 1 N–H and O–H groups in total. The molecule has 0 radical (unpaired) electrons. The van der Waals surface area contributed by atoms with Crippen molar-refractivity contribution in [2.45, 2.75) is 12.9 Å². The number of anilines is 1. The van der Waals surface area contributed by atoms with Gasteiger partial charge in [0.25, 0.3) is 0 Å². The van der Waals surface area contributed by atoms with Crippen molar-refractivity contribution in [3.63, 3.8) is 0 Å². The third-order valence-corrected chi connectivity index (χ3v) is 1.79. The normalized spacial score (nSPS) is 11.3. The summed E-state index contributed by atoms with van der Waals surface area (Å²) in [5.41, 5.74) is 0.632. The first kappa shape index (κ1) is 12.1. The van der Waals surface area contributed by atoms with E-state index in [4.69, 9.17) is 0 Å². The van der Waals surface area contributed by atoms with E-state index in [0.29, 0.717) is 18.1 Å². The van der Waals surface area contributed by atoms with E-state index in [0.717, 1.165) is 12.4 Å². The summed E-state index contributed by atoms with van der Waals surface area (Å²) in [5.74, 6) is -0.318. The fourth-order valence-corrected chi connectivity index (χ4v) is 1.09. The molecular formula is C9H7F3N4O2. The summed E-state index contributed by atoms with van der Waals surface area (Å²) in [4.78, 5) is 7.16. The van der Waals surface area contributed by atoms with Gasteiger partial charge in [-0.3, -0.25) is 0 Å². The Balaban J connectivity index is 1.91. The van der Waals surface area contributed by atoms with Crippen LogP contribution in [0, 0.1) is 0 Å². The molecule has 0 saturated carbocycles. The number of hydrogen-bond donors (Lipinski definition) is 1. The van der Waals surface area contributed by atoms with Crippen molar-refractivity contribution in [1.29, 1.82) is 0 Å². The first-order chi connectivity index (χ1) is 8.53. The molecule has 0 aliphatic carbocycles. The number of nitrogens with zero attached hydrogens (tertiary/aromatic N) is 3. The Hall–Kier alpha value is -2.32. The van der Waals surface area contributed by atoms with Crippen LogP contribution in [0.2, 0.25) is 0 Å². The largest absolute Gasteiger partial charge is 0.574 e. The number of halogens is 3. The highest BCUT2D eigenvalue weighted by Gasteiger charge is 2.31. The third kappa shape index (κ3) is 3.61. The fourth-order valence-electron chi connectivity index (χ4n) is 1.09. The summed E-state index contributed by atoms with van der Waals surface area (Å²) >= 11 is 0. The van der Waals surface area contributed by atoms with E-state index >= 15 is 0 Å². The minimum Gasteiger partial charge on any atom is -0.386 e. The van der Waals surface area contributed by atoms with E-state index in [9.17, 15) is 13.2 Å². The van der Waals surface area contributed by atoms with Crippen LogP contribution in [-0.4, -0.2) is 21.5 Å². The fraction of sp³-hybridized carbons (Fsp3) is 0.222. The zero-order valence-electron chi connectivity index (χ0n) is 8.81. The quantitative estimate of drug-likeness (QED) is 0.906. The lowest BCUT2D eigenvalue weighted by molar-refractivity contribution is -0.276. The van der Waals surface area contributed by atoms with Crippen molar-refractivity contribution in [3.05, 3.63) is 30.4 Å². The van der Waals surface area contributed by atoms with E-state index < -0.39 is 12.2 Å². The molecule has 2 heterocycles. The number of hydrogen-bond acceptors (Lipinski definition) is 6. The molecule has 0 bridgehead atoms. The van der Waals surface area contributed by atoms with E-state index in [1.807, 2.05) is 0 Å². The molecule has 0 atom stereocenters. The number of nitrogens with one attached hydrogen (secondary N) is 1. The molecular weight excluding hydrogens is 253 g/mol. The number of aromatic nitrogens is 3. The first-order valence-corrected chi connectivity index (χ1v) is 4.74. The van der Waals surface area contributed by atoms with Gasteiger partial charge in [0.15, 0.2) is 0 Å². The number of rotatable bonds is 4. The average molecular weight is 260 g/mol. The van der Waals surface area contributed by atoms with E-state index in [1.165, 1.54) is 6.26 Å². The molecule has 0 amide bonds. The summed E-state index contributed by atoms with van der Waals surface area (Å²) in [6, 6.07) is 1.64. The summed E-state index contributed by atoms with van der Waals surface area (Å²) in [6.45, 7) is 0.324. The highest BCUT2D eigenvalue weighted by molar-refractivity contribution is 5.32. The van der Waals surface area contributed by atoms with Gasteiger partial charge >= 0.3 is 6.36 Å². The van der Waals surface area contributed by atoms with Crippen molar-refractivity contribution in [1.82, 2.24) is 15.1 Å². The molecule has 0 aliphatic rings. The van der Waals surface area contributed by atoms with Gasteiger partial charge in [-0.15, -0.1) is 13.2 Å². The lowest BCUT2D eigenvalue weighted by Crippen LogP contribution is -2.18. The molecule has 96 valence electrons. The van der Waals surface area contributed by atoms with Gasteiger partial charge in [0.1, 0.15) is 17.8 Å². The molecule has 0 saturated heterocycles. The predicted octanol–water partition coefficient (Wildman–Crippen LogP) is 1.98. The Bertz CT molecular complexity index is 484. The Morgan fingerprint density at radius 3 is 2.67 bits per heavy atom. The minimum absolute atomic E-state index is 0.299. The van der Waals surface area contributed by atoms with Crippen molar-refractivity contribution in [3.8, 4) is 5.88 Å². The SMILES string of the molecule is FC(F)(F)Oc1cnc(NCc2ccon2)cn1. The van der Waals surface area contributed by atoms with Gasteiger partial charge < -0.3 is 14.6 Å². The second-order valence-corrected chi connectivity index (χ2v) is 3.13. The van der Waals surface area contributed by atoms with Crippen molar-refractivity contribution in [2.24, 2.45) is 0 Å². The monoisotopic (exact) mass is 260 g/mol. The standard InChI is InChI=1S/C9H7F3N4O2/c10-9(11,12)18-8-5-14-7(4-15-8)13-3-6-1-2-17-16-6/h1-2,4-5H,3H2,(H,13,14). The second kappa shape index (κ2) is 4.90. The topological polar surface area (TPSA) is 73.1 Å². The van der Waals surface area contributed by atoms with Gasteiger partial charge in [-0.25, -0.2) is 9.97 Å². The number of ether oxygens (including phenoxy) is 1. The zero-order valence-corrected chi connectivity index (χ0v) is 8.81. The van der Waals surface area contributed by atoms with E-state index in [1.54, 1.807) is 6.07 Å². The maximum atomic E-state index is 11.9. The maximum absolute atomic E-state index is 11.9. The average Bonchev–Trinajstić information content (AvgIpc) is 2.79. The number of alkyl halides is 3. The van der Waals surface area contributed by atoms with Crippen LogP contribution in [-0.2, 0) is 6.54 Å². The molecule has 6 nitrogen and oxygen atoms in total. The Morgan fingerprint density at radius 1 is 1.28 bits per heavy atom. The Labute approximate surface area is 98.8 Å². The lowest BCUT2D eigenvalue weighted by Gasteiger charge is -2.07. The van der Waals surface area contributed by atoms with E-state index in [-0.39, 0.29) is 0 Å². The molecule has 0 aliphatic heterocycles. The van der Waals surface area contributed by atoms with Gasteiger partial charge in [-0.2, -0.15) is 0 Å². The molecule has 2 aromatic rings. The van der Waals surface area contributed by atoms with Crippen LogP contribution in [0.5, 0.6) is 5.88 Å². The van der Waals surface area contributed by atoms with Crippen molar-refractivity contribution in [2.75, 3.05) is 5.32 Å². The van der Waals surface area contributed by atoms with Gasteiger partial charge in [0, 0.05) is 6.07 Å². The third-order valence-electron chi connectivity index (χ3n) is 1.79. The van der Waals surface area contributed by atoms with Gasteiger partial charge in [-0.05, 0) is 0 Å². The van der Waals surface area contributed by atoms with Crippen LogP contribution in [0.1, 0.15) is 5.69 Å². The lowest BCUT2D eigenvalue weighted by atomic mass is 10.4. The second-order valence-electron chi connectivity index (χ2n) is 3.13. The summed E-state index contributed by atoms with van der Waals surface area (Å²) in [7, 11) is 0. The molecule has 18 heavy (non-hydrogen) atoms. The van der Waals surface area contributed by atoms with Crippen LogP contribution < -0.4 is 10.1 Å². The van der Waals surface area contributed by atoms with Crippen LogP contribution in [0.4, 0.5) is 19.0 Å². The van der Waals surface area contributed by atoms with Crippen LogP contribution in [0.15, 0.2) is 29.2 Å². The van der Waals surface area contributed by atoms with Gasteiger partial charge in [0.2, 0.25) is 5.88 Å². The first-order valence-electron chi connectivity index (χ1n) is 4.74. The molecule has 0 spiro atoms. The molecule has 2 aromatic heterocycles. The maximum Gasteiger partial charge on any atom is 0.574 e. The highest BCUT2D eigenvalue weighted by Crippen LogP contribution is 2.20. The Morgan fingerprint density at radius 2 is 2.11 bits per heavy atom. The van der Waals surface area contributed by atoms with Crippen LogP contribution in [0.25, 0.3) is 0 Å². The summed E-state index contributed by atoms with van der Waals surface area (Å²) < 4.78 is 43.7. The molecule has 0 unspecified atom stereocenters. The molecule has 9 heteroatoms. The van der Waals surface area contributed by atoms with Crippen molar-refractivity contribution >= 4 is 5.82 Å². The van der Waals surface area contributed by atoms with Crippen LogP contribution in [0.3, 0.4) is 0 Å². The van der Waals surface area contributed by atoms with Gasteiger partial charge in [0.05, 0.1) is 18.9 Å². The smallest absolute Gasteiger partial charge is 0.386 e. The van der Waals surface area contributed by atoms with Gasteiger partial charge in [-0.1, -0.05) is 5.16 Å². The molecule has 2 rings (SSSR count). The predicted molar refractivity (Wildman–Crippen MR) is 52.5 cm³/mol. The van der Waals surface area contributed by atoms with E-state index in [2.05, 4.69) is 29.7 Å². The molecule has 0 aromatic carbocycles. The highest BCUT2D eigenvalue weighted by atomic mass is 19.4. The van der Waals surface area contributed by atoms with Crippen molar-refractivity contribution < 1.29 is 22.4 Å². The summed E-state index contributed by atoms with van der Waals surface area (Å²) in [6.07, 6.45) is -1.37. The minimum atomic E-state index is -4.77. The molecule has 0 fully saturated rings. The zero-order chi connectivity index (χ0) is 13.0. The van der Waals surface area contributed by atoms with Crippen LogP contribution >= 0.6 is 0 Å². The summed E-state index contributed by atoms with van der Waals surface area (Å²) in [5, 5.41) is 6.44.